The van der Waals surface area contributed by atoms with E-state index in [1.165, 1.54) is 0 Å². The number of carbonyl (C=O) groups is 1. The largest absolute Gasteiger partial charge is 0.506 e. The van der Waals surface area contributed by atoms with Gasteiger partial charge in [-0.3, -0.25) is 4.79 Å². The molecule has 0 bridgehead atoms. The molecule has 0 radical (unpaired) electrons. The first-order valence-electron chi connectivity index (χ1n) is 5.88. The van der Waals surface area contributed by atoms with Crippen LogP contribution in [0.1, 0.15) is 5.69 Å². The first-order valence-corrected chi connectivity index (χ1v) is 6.25. The zero-order valence-electron chi connectivity index (χ0n) is 10.2. The SMILES string of the molecule is O=C(C=C(O)c1cc2cc(Cl)ccc2[nH]1)C1NNNN1. The number of carbonyl (C=O) groups excluding carboxylic acids is 1. The van der Waals surface area contributed by atoms with E-state index >= 15 is 0 Å². The molecular formula is C12H12ClN5O2. The average molecular weight is 294 g/mol. The van der Waals surface area contributed by atoms with Gasteiger partial charge in [0, 0.05) is 22.0 Å². The maximum Gasteiger partial charge on any atom is 0.193 e. The van der Waals surface area contributed by atoms with E-state index in [1.54, 1.807) is 18.2 Å². The molecule has 1 aromatic carbocycles. The van der Waals surface area contributed by atoms with Crippen molar-refractivity contribution in [3.8, 4) is 0 Å². The summed E-state index contributed by atoms with van der Waals surface area (Å²) in [6, 6.07) is 7.07. The zero-order valence-corrected chi connectivity index (χ0v) is 11.0. The molecule has 1 aromatic heterocycles. The second-order valence-electron chi connectivity index (χ2n) is 4.32. The third kappa shape index (κ3) is 2.53. The smallest absolute Gasteiger partial charge is 0.193 e. The van der Waals surface area contributed by atoms with Crippen LogP contribution in [0.3, 0.4) is 0 Å². The van der Waals surface area contributed by atoms with Crippen LogP contribution in [-0.4, -0.2) is 22.0 Å². The van der Waals surface area contributed by atoms with E-state index in [1.807, 2.05) is 6.07 Å². The number of halogens is 1. The lowest BCUT2D eigenvalue weighted by Gasteiger charge is -2.03. The van der Waals surface area contributed by atoms with Crippen molar-refractivity contribution in [1.82, 2.24) is 26.9 Å². The summed E-state index contributed by atoms with van der Waals surface area (Å²) in [5.41, 5.74) is 11.6. The van der Waals surface area contributed by atoms with Gasteiger partial charge in [-0.25, -0.2) is 10.9 Å². The molecule has 0 aliphatic carbocycles. The first-order chi connectivity index (χ1) is 9.63. The molecule has 1 aliphatic rings. The number of aliphatic hydroxyl groups excluding tert-OH is 1. The van der Waals surface area contributed by atoms with Gasteiger partial charge in [0.05, 0.1) is 5.69 Å². The Bertz CT molecular complexity index is 690. The number of rotatable bonds is 3. The van der Waals surface area contributed by atoms with Gasteiger partial charge < -0.3 is 10.1 Å². The predicted molar refractivity (Wildman–Crippen MR) is 75.3 cm³/mol. The Labute approximate surface area is 118 Å². The number of ketones is 1. The van der Waals surface area contributed by atoms with Crippen LogP contribution >= 0.6 is 11.6 Å². The summed E-state index contributed by atoms with van der Waals surface area (Å²) in [5, 5.41) is 11.5. The first kappa shape index (κ1) is 13.1. The third-order valence-corrected chi connectivity index (χ3v) is 3.15. The molecule has 1 saturated heterocycles. The fourth-order valence-electron chi connectivity index (χ4n) is 1.93. The van der Waals surface area contributed by atoms with Crippen LogP contribution in [0.4, 0.5) is 0 Å². The summed E-state index contributed by atoms with van der Waals surface area (Å²) < 4.78 is 0. The van der Waals surface area contributed by atoms with Crippen molar-refractivity contribution in [3.63, 3.8) is 0 Å². The molecule has 0 spiro atoms. The normalized spacial score (nSPS) is 16.9. The number of fused-ring (bicyclic) bond motifs is 1. The summed E-state index contributed by atoms with van der Waals surface area (Å²) in [7, 11) is 0. The number of H-pyrrole nitrogens is 1. The van der Waals surface area contributed by atoms with Crippen molar-refractivity contribution >= 4 is 34.0 Å². The van der Waals surface area contributed by atoms with Crippen LogP contribution in [-0.2, 0) is 4.79 Å². The molecule has 8 heteroatoms. The van der Waals surface area contributed by atoms with Gasteiger partial charge in [0.1, 0.15) is 11.9 Å². The lowest BCUT2D eigenvalue weighted by molar-refractivity contribution is -0.116. The fraction of sp³-hybridized carbons (Fsp3) is 0.0833. The molecule has 3 rings (SSSR count). The van der Waals surface area contributed by atoms with Crippen molar-refractivity contribution in [1.29, 1.82) is 0 Å². The number of hydrogen-bond acceptors (Lipinski definition) is 6. The highest BCUT2D eigenvalue weighted by atomic mass is 35.5. The van der Waals surface area contributed by atoms with E-state index in [4.69, 9.17) is 11.6 Å². The second-order valence-corrected chi connectivity index (χ2v) is 4.75. The molecule has 1 aliphatic heterocycles. The Morgan fingerprint density at radius 3 is 2.75 bits per heavy atom. The Morgan fingerprint density at radius 2 is 2.00 bits per heavy atom. The molecule has 7 nitrogen and oxygen atoms in total. The minimum Gasteiger partial charge on any atom is -0.506 e. The van der Waals surface area contributed by atoms with E-state index in [0.29, 0.717) is 10.7 Å². The van der Waals surface area contributed by atoms with Gasteiger partial charge in [0.2, 0.25) is 0 Å². The highest BCUT2D eigenvalue weighted by Gasteiger charge is 2.20. The van der Waals surface area contributed by atoms with Crippen LogP contribution in [0.2, 0.25) is 5.02 Å². The number of aliphatic hydroxyl groups is 1. The lowest BCUT2D eigenvalue weighted by atomic mass is 10.2. The van der Waals surface area contributed by atoms with E-state index in [2.05, 4.69) is 26.9 Å². The predicted octanol–water partition coefficient (Wildman–Crippen LogP) is 0.732. The summed E-state index contributed by atoms with van der Waals surface area (Å²) in [6.45, 7) is 0. The topological polar surface area (TPSA) is 101 Å². The van der Waals surface area contributed by atoms with Crippen LogP contribution in [0, 0.1) is 0 Å². The van der Waals surface area contributed by atoms with Gasteiger partial charge in [0.15, 0.2) is 5.78 Å². The second kappa shape index (κ2) is 5.23. The van der Waals surface area contributed by atoms with Gasteiger partial charge in [-0.1, -0.05) is 11.6 Å². The zero-order chi connectivity index (χ0) is 14.1. The number of aromatic amines is 1. The summed E-state index contributed by atoms with van der Waals surface area (Å²) >= 11 is 5.90. The highest BCUT2D eigenvalue weighted by molar-refractivity contribution is 6.31. The number of hydrazine groups is 3. The van der Waals surface area contributed by atoms with Gasteiger partial charge >= 0.3 is 0 Å². The van der Waals surface area contributed by atoms with Crippen LogP contribution in [0.25, 0.3) is 16.7 Å². The maximum absolute atomic E-state index is 11.8. The fourth-order valence-corrected chi connectivity index (χ4v) is 2.11. The van der Waals surface area contributed by atoms with Crippen molar-refractivity contribution in [2.75, 3.05) is 0 Å². The van der Waals surface area contributed by atoms with Gasteiger partial charge in [0.25, 0.3) is 0 Å². The van der Waals surface area contributed by atoms with E-state index < -0.39 is 6.17 Å². The number of nitrogens with one attached hydrogen (secondary N) is 5. The average Bonchev–Trinajstić information content (AvgIpc) is 3.07. The van der Waals surface area contributed by atoms with E-state index in [9.17, 15) is 9.90 Å². The highest BCUT2D eigenvalue weighted by Crippen LogP contribution is 2.22. The molecule has 2 heterocycles. The Kier molecular flexibility index (Phi) is 3.43. The minimum atomic E-state index is -0.643. The minimum absolute atomic E-state index is 0.141. The molecule has 104 valence electrons. The van der Waals surface area contributed by atoms with E-state index in [0.717, 1.165) is 17.0 Å². The Balaban J connectivity index is 1.87. The van der Waals surface area contributed by atoms with Gasteiger partial charge in [-0.05, 0) is 24.3 Å². The lowest BCUT2D eigenvalue weighted by Crippen LogP contribution is -2.40. The Morgan fingerprint density at radius 1 is 1.25 bits per heavy atom. The van der Waals surface area contributed by atoms with Gasteiger partial charge in [-0.2, -0.15) is 11.1 Å². The monoisotopic (exact) mass is 293 g/mol. The van der Waals surface area contributed by atoms with Crippen molar-refractivity contribution in [3.05, 3.63) is 41.1 Å². The summed E-state index contributed by atoms with van der Waals surface area (Å²) in [4.78, 5) is 14.8. The molecule has 0 saturated carbocycles. The standard InChI is InChI=1S/C12H12ClN5O2/c13-7-1-2-8-6(3-7)4-9(14-8)10(19)5-11(20)12-15-17-18-16-12/h1-5,12,14-19H. The third-order valence-electron chi connectivity index (χ3n) is 2.92. The van der Waals surface area contributed by atoms with Crippen molar-refractivity contribution in [2.24, 2.45) is 0 Å². The number of hydrogen-bond donors (Lipinski definition) is 6. The molecule has 0 atom stereocenters. The molecule has 0 unspecified atom stereocenters. The van der Waals surface area contributed by atoms with E-state index in [-0.39, 0.29) is 11.5 Å². The molecule has 1 fully saturated rings. The van der Waals surface area contributed by atoms with Crippen molar-refractivity contribution < 1.29 is 9.90 Å². The van der Waals surface area contributed by atoms with Crippen LogP contribution in [0.5, 0.6) is 0 Å². The number of benzene rings is 1. The maximum atomic E-state index is 11.8. The summed E-state index contributed by atoms with van der Waals surface area (Å²) in [5.74, 6) is -0.463. The number of aromatic nitrogens is 1. The van der Waals surface area contributed by atoms with Gasteiger partial charge in [-0.15, -0.1) is 0 Å². The molecule has 6 N–H and O–H groups in total. The molecule has 20 heavy (non-hydrogen) atoms. The molecule has 2 aromatic rings. The van der Waals surface area contributed by atoms with Crippen LogP contribution < -0.4 is 21.9 Å². The van der Waals surface area contributed by atoms with Crippen LogP contribution in [0.15, 0.2) is 30.3 Å². The van der Waals surface area contributed by atoms with Crippen molar-refractivity contribution in [2.45, 2.75) is 6.17 Å². The summed E-state index contributed by atoms with van der Waals surface area (Å²) in [6.07, 6.45) is 0.502. The molecular weight excluding hydrogens is 282 g/mol. The quantitative estimate of drug-likeness (QED) is 0.369. The Hall–Kier alpha value is -1.90. The molecule has 0 amide bonds.